The molecule has 0 saturated heterocycles. The Balaban J connectivity index is 2.48. The van der Waals surface area contributed by atoms with E-state index in [1.54, 1.807) is 6.08 Å². The predicted octanol–water partition coefficient (Wildman–Crippen LogP) is 0.903. The van der Waals surface area contributed by atoms with Crippen molar-refractivity contribution in [3.8, 4) is 0 Å². The molecule has 1 fully saturated rings. The van der Waals surface area contributed by atoms with Crippen LogP contribution in [0.25, 0.3) is 0 Å². The highest BCUT2D eigenvalue weighted by atomic mass is 16.3. The average molecular weight is 140 g/mol. The van der Waals surface area contributed by atoms with Crippen molar-refractivity contribution in [2.45, 2.75) is 25.4 Å². The van der Waals surface area contributed by atoms with Crippen LogP contribution in [0.2, 0.25) is 0 Å². The fourth-order valence-electron chi connectivity index (χ4n) is 1.23. The number of Topliss-reactive ketones (excluding diaryl/α,β-unsaturated/α-hetero) is 1. The summed E-state index contributed by atoms with van der Waals surface area (Å²) in [6.45, 7) is 3.61. The number of carbonyl (C=O) groups excluding carboxylic acids is 1. The molecular weight excluding hydrogens is 128 g/mol. The molecule has 0 aliphatic heterocycles. The number of ketones is 1. The summed E-state index contributed by atoms with van der Waals surface area (Å²) in [5.41, 5.74) is 0. The number of aliphatic hydroxyl groups excluding tert-OH is 1. The Morgan fingerprint density at radius 3 is 2.80 bits per heavy atom. The van der Waals surface area contributed by atoms with Gasteiger partial charge in [-0.05, 0) is 18.8 Å². The molecule has 1 aliphatic rings. The molecule has 1 aliphatic carbocycles. The molecule has 2 atom stereocenters. The van der Waals surface area contributed by atoms with E-state index >= 15 is 0 Å². The first-order chi connectivity index (χ1) is 4.74. The molecule has 1 N–H and O–H groups in total. The molecule has 0 aromatic carbocycles. The van der Waals surface area contributed by atoms with Crippen molar-refractivity contribution in [1.29, 1.82) is 0 Å². The number of rotatable bonds is 1. The van der Waals surface area contributed by atoms with E-state index in [-0.39, 0.29) is 5.78 Å². The molecule has 0 heterocycles. The van der Waals surface area contributed by atoms with E-state index < -0.39 is 6.10 Å². The summed E-state index contributed by atoms with van der Waals surface area (Å²) < 4.78 is 0. The Morgan fingerprint density at radius 2 is 2.30 bits per heavy atom. The predicted molar refractivity (Wildman–Crippen MR) is 38.6 cm³/mol. The normalized spacial score (nSPS) is 33.9. The Kier molecular flexibility index (Phi) is 2.22. The van der Waals surface area contributed by atoms with Gasteiger partial charge in [-0.2, -0.15) is 0 Å². The van der Waals surface area contributed by atoms with Gasteiger partial charge in [-0.25, -0.2) is 0 Å². The van der Waals surface area contributed by atoms with Crippen LogP contribution in [0.1, 0.15) is 19.3 Å². The highest BCUT2D eigenvalue weighted by Gasteiger charge is 2.24. The first-order valence-corrected chi connectivity index (χ1v) is 3.57. The lowest BCUT2D eigenvalue weighted by atomic mass is 9.87. The van der Waals surface area contributed by atoms with Gasteiger partial charge in [-0.1, -0.05) is 6.08 Å². The van der Waals surface area contributed by atoms with Crippen LogP contribution in [-0.2, 0) is 4.79 Å². The second kappa shape index (κ2) is 2.97. The molecule has 0 bridgehead atoms. The SMILES string of the molecule is C=CC1CCC(O)C(=O)C1. The molecule has 1 rings (SSSR count). The fraction of sp³-hybridized carbons (Fsp3) is 0.625. The van der Waals surface area contributed by atoms with Gasteiger partial charge in [0.2, 0.25) is 0 Å². The van der Waals surface area contributed by atoms with Crippen LogP contribution in [0, 0.1) is 5.92 Å². The van der Waals surface area contributed by atoms with Crippen molar-refractivity contribution in [2.75, 3.05) is 0 Å². The smallest absolute Gasteiger partial charge is 0.161 e. The van der Waals surface area contributed by atoms with Crippen LogP contribution in [0.5, 0.6) is 0 Å². The molecule has 2 unspecified atom stereocenters. The number of hydrogen-bond acceptors (Lipinski definition) is 2. The minimum absolute atomic E-state index is 0.0313. The molecule has 0 aromatic rings. The van der Waals surface area contributed by atoms with E-state index in [1.807, 2.05) is 0 Å². The van der Waals surface area contributed by atoms with Crippen LogP contribution >= 0.6 is 0 Å². The molecule has 2 nitrogen and oxygen atoms in total. The van der Waals surface area contributed by atoms with Gasteiger partial charge >= 0.3 is 0 Å². The van der Waals surface area contributed by atoms with E-state index in [0.717, 1.165) is 6.42 Å². The molecule has 56 valence electrons. The highest BCUT2D eigenvalue weighted by Crippen LogP contribution is 2.21. The summed E-state index contributed by atoms with van der Waals surface area (Å²) in [4.78, 5) is 10.9. The molecule has 0 spiro atoms. The van der Waals surface area contributed by atoms with Gasteiger partial charge < -0.3 is 5.11 Å². The largest absolute Gasteiger partial charge is 0.385 e. The van der Waals surface area contributed by atoms with E-state index in [1.165, 1.54) is 0 Å². The van der Waals surface area contributed by atoms with Gasteiger partial charge in [0, 0.05) is 6.42 Å². The molecule has 0 radical (unpaired) electrons. The summed E-state index contributed by atoms with van der Waals surface area (Å²) in [5, 5.41) is 9.01. The lowest BCUT2D eigenvalue weighted by molar-refractivity contribution is -0.130. The van der Waals surface area contributed by atoms with E-state index in [9.17, 15) is 4.79 Å². The third kappa shape index (κ3) is 1.45. The Morgan fingerprint density at radius 1 is 1.60 bits per heavy atom. The molecule has 10 heavy (non-hydrogen) atoms. The molecular formula is C8H12O2. The number of allylic oxidation sites excluding steroid dienone is 1. The van der Waals surface area contributed by atoms with Crippen molar-refractivity contribution in [3.05, 3.63) is 12.7 Å². The molecule has 2 heteroatoms. The monoisotopic (exact) mass is 140 g/mol. The first-order valence-electron chi connectivity index (χ1n) is 3.57. The van der Waals surface area contributed by atoms with Crippen LogP contribution in [0.15, 0.2) is 12.7 Å². The Labute approximate surface area is 60.6 Å². The summed E-state index contributed by atoms with van der Waals surface area (Å²) in [7, 11) is 0. The molecule has 0 amide bonds. The number of hydrogen-bond donors (Lipinski definition) is 1. The van der Waals surface area contributed by atoms with Gasteiger partial charge in [-0.3, -0.25) is 4.79 Å². The van der Waals surface area contributed by atoms with E-state index in [0.29, 0.717) is 18.8 Å². The second-order valence-corrected chi connectivity index (χ2v) is 2.76. The fourth-order valence-corrected chi connectivity index (χ4v) is 1.23. The van der Waals surface area contributed by atoms with Crippen molar-refractivity contribution >= 4 is 5.78 Å². The van der Waals surface area contributed by atoms with Crippen molar-refractivity contribution in [1.82, 2.24) is 0 Å². The average Bonchev–Trinajstić information content (AvgIpc) is 1.95. The summed E-state index contributed by atoms with van der Waals surface area (Å²) in [5.74, 6) is 0.270. The minimum atomic E-state index is -0.698. The zero-order valence-corrected chi connectivity index (χ0v) is 5.92. The van der Waals surface area contributed by atoms with Crippen LogP contribution in [0.3, 0.4) is 0 Å². The zero-order valence-electron chi connectivity index (χ0n) is 5.92. The summed E-state index contributed by atoms with van der Waals surface area (Å²) in [6.07, 6.45) is 3.08. The van der Waals surface area contributed by atoms with Crippen LogP contribution in [-0.4, -0.2) is 17.0 Å². The molecule has 0 aromatic heterocycles. The quantitative estimate of drug-likeness (QED) is 0.549. The van der Waals surface area contributed by atoms with Gasteiger partial charge in [0.05, 0.1) is 0 Å². The van der Waals surface area contributed by atoms with Crippen LogP contribution in [0.4, 0.5) is 0 Å². The Hall–Kier alpha value is -0.630. The van der Waals surface area contributed by atoms with E-state index in [2.05, 4.69) is 6.58 Å². The zero-order chi connectivity index (χ0) is 7.56. The summed E-state index contributed by atoms with van der Waals surface area (Å²) >= 11 is 0. The molecule has 1 saturated carbocycles. The number of aliphatic hydroxyl groups is 1. The standard InChI is InChI=1S/C8H12O2/c1-2-6-3-4-7(9)8(10)5-6/h2,6-7,9H,1,3-5H2. The van der Waals surface area contributed by atoms with Gasteiger partial charge in [0.15, 0.2) is 5.78 Å². The van der Waals surface area contributed by atoms with Crippen molar-refractivity contribution in [2.24, 2.45) is 5.92 Å². The lowest BCUT2D eigenvalue weighted by Crippen LogP contribution is -2.28. The Bertz CT molecular complexity index is 151. The third-order valence-corrected chi connectivity index (χ3v) is 1.98. The topological polar surface area (TPSA) is 37.3 Å². The first kappa shape index (κ1) is 7.48. The minimum Gasteiger partial charge on any atom is -0.385 e. The lowest BCUT2D eigenvalue weighted by Gasteiger charge is -2.20. The van der Waals surface area contributed by atoms with Crippen molar-refractivity contribution in [3.63, 3.8) is 0 Å². The van der Waals surface area contributed by atoms with Gasteiger partial charge in [0.25, 0.3) is 0 Å². The highest BCUT2D eigenvalue weighted by molar-refractivity contribution is 5.83. The maximum atomic E-state index is 10.9. The van der Waals surface area contributed by atoms with Gasteiger partial charge in [0.1, 0.15) is 6.10 Å². The van der Waals surface area contributed by atoms with Crippen molar-refractivity contribution < 1.29 is 9.90 Å². The second-order valence-electron chi connectivity index (χ2n) is 2.76. The van der Waals surface area contributed by atoms with Crippen LogP contribution < -0.4 is 0 Å². The summed E-state index contributed by atoms with van der Waals surface area (Å²) in [6, 6.07) is 0. The maximum absolute atomic E-state index is 10.9. The van der Waals surface area contributed by atoms with E-state index in [4.69, 9.17) is 5.11 Å². The third-order valence-electron chi connectivity index (χ3n) is 1.98. The van der Waals surface area contributed by atoms with Gasteiger partial charge in [-0.15, -0.1) is 6.58 Å². The maximum Gasteiger partial charge on any atom is 0.161 e. The number of carbonyl (C=O) groups is 1.